The highest BCUT2D eigenvalue weighted by Crippen LogP contribution is 2.43. The summed E-state index contributed by atoms with van der Waals surface area (Å²) >= 11 is 0. The summed E-state index contributed by atoms with van der Waals surface area (Å²) in [6.07, 6.45) is -3.43. The van der Waals surface area contributed by atoms with Crippen molar-refractivity contribution >= 4 is 5.91 Å². The molecule has 0 aliphatic heterocycles. The molecule has 146 valence electrons. The van der Waals surface area contributed by atoms with Crippen LogP contribution in [-0.4, -0.2) is 24.2 Å². The highest BCUT2D eigenvalue weighted by Gasteiger charge is 2.63. The Balaban J connectivity index is 2.52. The minimum atomic E-state index is -4.96. The molecule has 2 rings (SSSR count). The predicted molar refractivity (Wildman–Crippen MR) is 95.8 cm³/mol. The van der Waals surface area contributed by atoms with E-state index in [-0.39, 0.29) is 5.56 Å². The molecule has 2 aromatic rings. The second-order valence-corrected chi connectivity index (χ2v) is 7.28. The summed E-state index contributed by atoms with van der Waals surface area (Å²) in [6, 6.07) is 11.2. The number of benzene rings is 1. The van der Waals surface area contributed by atoms with E-state index in [4.69, 9.17) is 4.74 Å². The number of aromatic nitrogens is 1. The van der Waals surface area contributed by atoms with Gasteiger partial charge in [-0.2, -0.15) is 13.2 Å². The van der Waals surface area contributed by atoms with Crippen molar-refractivity contribution in [2.75, 3.05) is 7.11 Å². The molecule has 1 heterocycles. The van der Waals surface area contributed by atoms with Crippen molar-refractivity contribution in [3.8, 4) is 0 Å². The number of carbonyl (C=O) groups is 1. The van der Waals surface area contributed by atoms with E-state index in [0.29, 0.717) is 5.69 Å². The molecule has 0 saturated heterocycles. The van der Waals surface area contributed by atoms with Gasteiger partial charge < -0.3 is 10.1 Å². The fourth-order valence-corrected chi connectivity index (χ4v) is 2.94. The molecular formula is C20H23F3N2O2. The Morgan fingerprint density at radius 3 is 2.07 bits per heavy atom. The maximum absolute atomic E-state index is 14.1. The lowest BCUT2D eigenvalue weighted by molar-refractivity contribution is -0.266. The number of ether oxygens (including phenoxy) is 1. The van der Waals surface area contributed by atoms with Crippen molar-refractivity contribution < 1.29 is 22.7 Å². The average molecular weight is 380 g/mol. The molecule has 27 heavy (non-hydrogen) atoms. The molecule has 0 aliphatic carbocycles. The van der Waals surface area contributed by atoms with Gasteiger partial charge in [0.15, 0.2) is 0 Å². The highest BCUT2D eigenvalue weighted by molar-refractivity contribution is 5.88. The second-order valence-electron chi connectivity index (χ2n) is 7.28. The predicted octanol–water partition coefficient (Wildman–Crippen LogP) is 4.39. The summed E-state index contributed by atoms with van der Waals surface area (Å²) in [7, 11) is 0.882. The van der Waals surface area contributed by atoms with Gasteiger partial charge >= 0.3 is 6.18 Å². The minimum absolute atomic E-state index is 0.286. The molecule has 2 atom stereocenters. The number of carbonyl (C=O) groups excluding carboxylic acids is 1. The largest absolute Gasteiger partial charge is 0.430 e. The Kier molecular flexibility index (Phi) is 5.94. The molecule has 1 N–H and O–H groups in total. The molecule has 0 bridgehead atoms. The van der Waals surface area contributed by atoms with Crippen LogP contribution in [0.2, 0.25) is 0 Å². The first-order valence-electron chi connectivity index (χ1n) is 8.43. The quantitative estimate of drug-likeness (QED) is 0.837. The summed E-state index contributed by atoms with van der Waals surface area (Å²) in [5.74, 6) is -1.28. The fourth-order valence-electron chi connectivity index (χ4n) is 2.94. The topological polar surface area (TPSA) is 51.2 Å². The number of alkyl halides is 3. The molecule has 7 heteroatoms. The van der Waals surface area contributed by atoms with Gasteiger partial charge in [0.2, 0.25) is 0 Å². The van der Waals surface area contributed by atoms with Crippen molar-refractivity contribution in [3.05, 3.63) is 66.0 Å². The summed E-state index contributed by atoms with van der Waals surface area (Å²) in [5, 5.41) is 2.52. The van der Waals surface area contributed by atoms with Gasteiger partial charge in [-0.25, -0.2) is 0 Å². The molecule has 0 radical (unpaired) electrons. The third-order valence-electron chi connectivity index (χ3n) is 4.33. The zero-order chi connectivity index (χ0) is 20.3. The first-order chi connectivity index (χ1) is 12.5. The number of nitrogens with zero attached hydrogens (tertiary/aromatic N) is 1. The molecular weight excluding hydrogens is 357 g/mol. The number of methoxy groups -OCH3 is 1. The highest BCUT2D eigenvalue weighted by atomic mass is 19.4. The number of hydrogen-bond acceptors (Lipinski definition) is 3. The van der Waals surface area contributed by atoms with Crippen LogP contribution in [0.25, 0.3) is 0 Å². The monoisotopic (exact) mass is 380 g/mol. The van der Waals surface area contributed by atoms with Crippen molar-refractivity contribution in [2.45, 2.75) is 38.6 Å². The van der Waals surface area contributed by atoms with Crippen LogP contribution < -0.4 is 5.32 Å². The van der Waals surface area contributed by atoms with Crippen LogP contribution in [-0.2, 0) is 15.1 Å². The SMILES string of the molecule is CO[C@@](C(=O)NC(c1ccccn1)C(C)(C)C)(c1ccccc1)C(F)(F)F. The van der Waals surface area contributed by atoms with Gasteiger partial charge in [-0.15, -0.1) is 0 Å². The van der Waals surface area contributed by atoms with E-state index in [1.807, 2.05) is 20.8 Å². The normalized spacial score (nSPS) is 15.7. The van der Waals surface area contributed by atoms with Gasteiger partial charge in [-0.3, -0.25) is 9.78 Å². The standard InChI is InChI=1S/C20H23F3N2O2/c1-18(2,3)16(15-12-8-9-13-24-15)25-17(26)19(27-4,20(21,22)23)14-10-6-5-7-11-14/h5-13,16H,1-4H3,(H,25,26)/t16?,19-/m1/s1. The maximum Gasteiger partial charge on any atom is 0.430 e. The van der Waals surface area contributed by atoms with Gasteiger partial charge in [0.1, 0.15) is 0 Å². The van der Waals surface area contributed by atoms with E-state index in [1.165, 1.54) is 30.5 Å². The van der Waals surface area contributed by atoms with Crippen LogP contribution in [0.15, 0.2) is 54.7 Å². The van der Waals surface area contributed by atoms with Crippen LogP contribution in [0.1, 0.15) is 38.1 Å². The lowest BCUT2D eigenvalue weighted by atomic mass is 9.83. The summed E-state index contributed by atoms with van der Waals surface area (Å²) in [6.45, 7) is 5.45. The molecule has 1 amide bonds. The molecule has 0 aliphatic rings. The van der Waals surface area contributed by atoms with Gasteiger partial charge in [-0.05, 0) is 17.5 Å². The van der Waals surface area contributed by atoms with Crippen LogP contribution in [0.4, 0.5) is 13.2 Å². The van der Waals surface area contributed by atoms with Gasteiger partial charge in [0, 0.05) is 18.9 Å². The van der Waals surface area contributed by atoms with E-state index >= 15 is 0 Å². The van der Waals surface area contributed by atoms with E-state index in [0.717, 1.165) is 7.11 Å². The summed E-state index contributed by atoms with van der Waals surface area (Å²) in [4.78, 5) is 17.2. The van der Waals surface area contributed by atoms with E-state index in [2.05, 4.69) is 10.3 Å². The van der Waals surface area contributed by atoms with Crippen LogP contribution in [0.5, 0.6) is 0 Å². The number of halogens is 3. The molecule has 0 saturated carbocycles. The van der Waals surface area contributed by atoms with E-state index in [9.17, 15) is 18.0 Å². The van der Waals surface area contributed by atoms with Crippen LogP contribution in [0.3, 0.4) is 0 Å². The van der Waals surface area contributed by atoms with Gasteiger partial charge in [0.05, 0.1) is 11.7 Å². The lowest BCUT2D eigenvalue weighted by Gasteiger charge is -2.37. The smallest absolute Gasteiger partial charge is 0.356 e. The Hall–Kier alpha value is -2.41. The third-order valence-corrected chi connectivity index (χ3v) is 4.33. The average Bonchev–Trinajstić information content (AvgIpc) is 2.60. The van der Waals surface area contributed by atoms with Crippen molar-refractivity contribution in [2.24, 2.45) is 5.41 Å². The van der Waals surface area contributed by atoms with Crippen molar-refractivity contribution in [3.63, 3.8) is 0 Å². The Morgan fingerprint density at radius 2 is 1.63 bits per heavy atom. The van der Waals surface area contributed by atoms with Crippen LogP contribution in [0, 0.1) is 5.41 Å². The zero-order valence-electron chi connectivity index (χ0n) is 15.7. The fraction of sp³-hybridized carbons (Fsp3) is 0.400. The minimum Gasteiger partial charge on any atom is -0.356 e. The Morgan fingerprint density at radius 1 is 1.04 bits per heavy atom. The molecule has 4 nitrogen and oxygen atoms in total. The Labute approximate surface area is 156 Å². The second kappa shape index (κ2) is 7.68. The lowest BCUT2D eigenvalue weighted by Crippen LogP contribution is -2.57. The number of pyridine rings is 1. The van der Waals surface area contributed by atoms with Crippen molar-refractivity contribution in [1.82, 2.24) is 10.3 Å². The first-order valence-corrected chi connectivity index (χ1v) is 8.43. The van der Waals surface area contributed by atoms with Crippen LogP contribution >= 0.6 is 0 Å². The zero-order valence-corrected chi connectivity index (χ0v) is 15.7. The van der Waals surface area contributed by atoms with Gasteiger partial charge in [-0.1, -0.05) is 57.2 Å². The number of nitrogens with one attached hydrogen (secondary N) is 1. The number of hydrogen-bond donors (Lipinski definition) is 1. The maximum atomic E-state index is 14.1. The third kappa shape index (κ3) is 4.13. The molecule has 0 fully saturated rings. The number of rotatable bonds is 5. The molecule has 0 spiro atoms. The summed E-state index contributed by atoms with van der Waals surface area (Å²) in [5.41, 5.74) is -3.51. The Bertz CT molecular complexity index is 758. The van der Waals surface area contributed by atoms with E-state index < -0.39 is 29.1 Å². The molecule has 1 aromatic heterocycles. The molecule has 1 unspecified atom stereocenters. The molecule has 1 aromatic carbocycles. The van der Waals surface area contributed by atoms with E-state index in [1.54, 1.807) is 24.3 Å². The van der Waals surface area contributed by atoms with Gasteiger partial charge in [0.25, 0.3) is 11.5 Å². The first kappa shape index (κ1) is 20.9. The summed E-state index contributed by atoms with van der Waals surface area (Å²) < 4.78 is 47.0. The van der Waals surface area contributed by atoms with Crippen molar-refractivity contribution in [1.29, 1.82) is 0 Å². The number of amides is 1.